The Morgan fingerprint density at radius 3 is 2.86 bits per heavy atom. The monoisotopic (exact) mass is 378 g/mol. The normalized spacial score (nSPS) is 15.7. The molecule has 1 N–H and O–H groups in total. The van der Waals surface area contributed by atoms with E-state index >= 15 is 0 Å². The predicted octanol–water partition coefficient (Wildman–Crippen LogP) is 1.80. The number of H-pyrrole nitrogens is 1. The number of anilines is 1. The van der Waals surface area contributed by atoms with Crippen LogP contribution in [-0.4, -0.2) is 47.4 Å². The number of piperidine rings is 1. The molecule has 0 atom stereocenters. The number of aryl methyl sites for hydroxylation is 1. The maximum atomic E-state index is 12.8. The fourth-order valence-electron chi connectivity index (χ4n) is 4.21. The summed E-state index contributed by atoms with van der Waals surface area (Å²) < 4.78 is 3.64. The maximum Gasteiger partial charge on any atom is 0.330 e. The number of nitrogens with zero attached hydrogens (tertiary/aromatic N) is 7. The summed E-state index contributed by atoms with van der Waals surface area (Å²) >= 11 is 0. The van der Waals surface area contributed by atoms with E-state index < -0.39 is 0 Å². The van der Waals surface area contributed by atoms with Crippen molar-refractivity contribution in [1.82, 2.24) is 34.3 Å². The van der Waals surface area contributed by atoms with Crippen molar-refractivity contribution >= 4 is 28.0 Å². The Balaban J connectivity index is 1.36. The number of aromatic nitrogens is 7. The van der Waals surface area contributed by atoms with E-state index in [0.717, 1.165) is 53.9 Å². The number of pyridine rings is 1. The number of hydrogen-bond acceptors (Lipinski definition) is 6. The third-order valence-electron chi connectivity index (χ3n) is 5.67. The van der Waals surface area contributed by atoms with Gasteiger partial charge in [-0.2, -0.15) is 5.10 Å². The third-order valence-corrected chi connectivity index (χ3v) is 5.67. The molecule has 5 heterocycles. The lowest BCUT2D eigenvalue weighted by Crippen LogP contribution is -2.37. The molecule has 4 aromatic heterocycles. The smallest absolute Gasteiger partial charge is 0.330 e. The summed E-state index contributed by atoms with van der Waals surface area (Å²) in [7, 11) is 0. The van der Waals surface area contributed by atoms with Gasteiger partial charge in [-0.05, 0) is 37.8 Å². The molecule has 9 nitrogen and oxygen atoms in total. The van der Waals surface area contributed by atoms with Gasteiger partial charge in [0, 0.05) is 32.4 Å². The molecule has 0 saturated carbocycles. The van der Waals surface area contributed by atoms with Crippen molar-refractivity contribution in [2.75, 3.05) is 18.0 Å². The molecule has 5 rings (SSSR count). The highest BCUT2D eigenvalue weighted by Gasteiger charge is 2.24. The molecule has 144 valence electrons. The second-order valence-corrected chi connectivity index (χ2v) is 7.24. The van der Waals surface area contributed by atoms with Gasteiger partial charge in [-0.25, -0.2) is 19.7 Å². The molecule has 0 radical (unpaired) electrons. The molecule has 0 amide bonds. The molecule has 0 aromatic carbocycles. The first-order valence-corrected chi connectivity index (χ1v) is 9.69. The molecular formula is C19H22N8O. The Morgan fingerprint density at radius 2 is 2.04 bits per heavy atom. The summed E-state index contributed by atoms with van der Waals surface area (Å²) in [6, 6.07) is 3.85. The molecular weight excluding hydrogens is 356 g/mol. The predicted molar refractivity (Wildman–Crippen MR) is 106 cm³/mol. The van der Waals surface area contributed by atoms with E-state index in [9.17, 15) is 4.79 Å². The Bertz CT molecular complexity index is 1180. The molecule has 0 unspecified atom stereocenters. The van der Waals surface area contributed by atoms with Gasteiger partial charge in [-0.3, -0.25) is 14.2 Å². The van der Waals surface area contributed by atoms with Crippen LogP contribution in [-0.2, 0) is 13.1 Å². The summed E-state index contributed by atoms with van der Waals surface area (Å²) in [6.07, 6.45) is 7.11. The number of rotatable bonds is 4. The molecule has 0 aliphatic carbocycles. The van der Waals surface area contributed by atoms with E-state index in [1.807, 2.05) is 23.6 Å². The minimum Gasteiger partial charge on any atom is -0.356 e. The van der Waals surface area contributed by atoms with Crippen LogP contribution in [0.5, 0.6) is 0 Å². The summed E-state index contributed by atoms with van der Waals surface area (Å²) in [6.45, 7) is 5.15. The number of fused-ring (bicyclic) bond motifs is 2. The molecule has 9 heteroatoms. The molecule has 4 aromatic rings. The average molecular weight is 378 g/mol. The van der Waals surface area contributed by atoms with Crippen molar-refractivity contribution in [3.63, 3.8) is 0 Å². The highest BCUT2D eigenvalue weighted by molar-refractivity contribution is 5.86. The van der Waals surface area contributed by atoms with Crippen LogP contribution in [0.4, 0.5) is 5.82 Å². The Hall–Kier alpha value is -3.23. The van der Waals surface area contributed by atoms with Gasteiger partial charge in [0.1, 0.15) is 12.1 Å². The lowest BCUT2D eigenvalue weighted by molar-refractivity contribution is 0.354. The van der Waals surface area contributed by atoms with Crippen molar-refractivity contribution in [3.8, 4) is 0 Å². The van der Waals surface area contributed by atoms with Crippen LogP contribution < -0.4 is 10.6 Å². The van der Waals surface area contributed by atoms with Gasteiger partial charge in [0.15, 0.2) is 11.3 Å². The Kier molecular flexibility index (Phi) is 4.07. The molecule has 28 heavy (non-hydrogen) atoms. The van der Waals surface area contributed by atoms with E-state index in [1.54, 1.807) is 23.3 Å². The fraction of sp³-hybridized carbons (Fsp3) is 0.421. The lowest BCUT2D eigenvalue weighted by Gasteiger charge is -2.33. The van der Waals surface area contributed by atoms with Crippen molar-refractivity contribution in [2.45, 2.75) is 32.9 Å². The molecule has 1 aliphatic heterocycles. The first kappa shape index (κ1) is 16.9. The van der Waals surface area contributed by atoms with E-state index in [4.69, 9.17) is 0 Å². The zero-order chi connectivity index (χ0) is 19.1. The van der Waals surface area contributed by atoms with Crippen molar-refractivity contribution < 1.29 is 0 Å². The second-order valence-electron chi connectivity index (χ2n) is 7.24. The van der Waals surface area contributed by atoms with Gasteiger partial charge >= 0.3 is 5.69 Å². The molecule has 1 fully saturated rings. The largest absolute Gasteiger partial charge is 0.356 e. The number of imidazole rings is 1. The van der Waals surface area contributed by atoms with Crippen molar-refractivity contribution in [2.24, 2.45) is 5.92 Å². The van der Waals surface area contributed by atoms with Crippen LogP contribution in [0.25, 0.3) is 22.2 Å². The summed E-state index contributed by atoms with van der Waals surface area (Å²) in [5.41, 5.74) is 2.50. The summed E-state index contributed by atoms with van der Waals surface area (Å²) in [5, 5.41) is 7.92. The van der Waals surface area contributed by atoms with Crippen LogP contribution in [0.1, 0.15) is 19.8 Å². The fourth-order valence-corrected chi connectivity index (χ4v) is 4.21. The highest BCUT2D eigenvalue weighted by atomic mass is 16.1. The zero-order valence-corrected chi connectivity index (χ0v) is 15.7. The average Bonchev–Trinajstić information content (AvgIpc) is 3.31. The number of nitrogens with one attached hydrogen (secondary N) is 1. The minimum atomic E-state index is 0.0366. The van der Waals surface area contributed by atoms with Crippen molar-refractivity contribution in [1.29, 1.82) is 0 Å². The molecule has 1 saturated heterocycles. The van der Waals surface area contributed by atoms with Gasteiger partial charge in [0.25, 0.3) is 0 Å². The second kappa shape index (κ2) is 6.74. The van der Waals surface area contributed by atoms with Crippen LogP contribution in [0.15, 0.2) is 35.6 Å². The van der Waals surface area contributed by atoms with E-state index in [2.05, 4.69) is 30.0 Å². The zero-order valence-electron chi connectivity index (χ0n) is 15.7. The quantitative estimate of drug-likeness (QED) is 0.582. The first-order chi connectivity index (χ1) is 13.8. The van der Waals surface area contributed by atoms with Crippen LogP contribution in [0.3, 0.4) is 0 Å². The van der Waals surface area contributed by atoms with Crippen LogP contribution in [0.2, 0.25) is 0 Å². The number of hydrogen-bond donors (Lipinski definition) is 1. The lowest BCUT2D eigenvalue weighted by atomic mass is 9.96. The molecule has 1 aliphatic rings. The van der Waals surface area contributed by atoms with E-state index in [1.165, 1.54) is 0 Å². The van der Waals surface area contributed by atoms with Gasteiger partial charge < -0.3 is 4.90 Å². The Morgan fingerprint density at radius 1 is 1.18 bits per heavy atom. The third kappa shape index (κ3) is 2.65. The van der Waals surface area contributed by atoms with Crippen LogP contribution in [0, 0.1) is 5.92 Å². The van der Waals surface area contributed by atoms with Crippen molar-refractivity contribution in [3.05, 3.63) is 41.3 Å². The summed E-state index contributed by atoms with van der Waals surface area (Å²) in [5.74, 6) is 1.37. The maximum absolute atomic E-state index is 12.8. The van der Waals surface area contributed by atoms with Gasteiger partial charge in [-0.1, -0.05) is 0 Å². The van der Waals surface area contributed by atoms with Crippen LogP contribution >= 0.6 is 0 Å². The SMILES string of the molecule is CCn1c(=O)n(CC2CCN(c3ncnc4[nH]ncc34)CC2)c2ncccc21. The standard InChI is InChI=1S/C19H22N8O/c1-2-26-15-4-3-7-20-18(15)27(19(26)28)11-13-5-8-25(9-6-13)17-14-10-23-24-16(14)21-12-22-17/h3-4,7,10,12-13H,2,5-6,8-9,11H2,1H3,(H,21,22,23,24). The highest BCUT2D eigenvalue weighted by Crippen LogP contribution is 2.27. The topological polar surface area (TPSA) is 97.5 Å². The number of aromatic amines is 1. The van der Waals surface area contributed by atoms with E-state index in [-0.39, 0.29) is 5.69 Å². The minimum absolute atomic E-state index is 0.0366. The first-order valence-electron chi connectivity index (χ1n) is 9.69. The summed E-state index contributed by atoms with van der Waals surface area (Å²) in [4.78, 5) is 28.3. The van der Waals surface area contributed by atoms with Gasteiger partial charge in [0.05, 0.1) is 17.1 Å². The van der Waals surface area contributed by atoms with Gasteiger partial charge in [-0.15, -0.1) is 0 Å². The molecule has 0 spiro atoms. The van der Waals surface area contributed by atoms with Gasteiger partial charge in [0.2, 0.25) is 0 Å². The molecule has 0 bridgehead atoms. The Labute approximate surface area is 161 Å². The van der Waals surface area contributed by atoms with E-state index in [0.29, 0.717) is 19.0 Å².